The maximum Gasteiger partial charge on any atom is 0.401 e. The van der Waals surface area contributed by atoms with E-state index in [1.54, 1.807) is 7.05 Å². The van der Waals surface area contributed by atoms with Gasteiger partial charge in [0.1, 0.15) is 6.61 Å². The van der Waals surface area contributed by atoms with Crippen LogP contribution in [0.25, 0.3) is 0 Å². The lowest BCUT2D eigenvalue weighted by atomic mass is 10.2. The fourth-order valence-corrected chi connectivity index (χ4v) is 2.10. The van der Waals surface area contributed by atoms with Crippen LogP contribution in [0, 0.1) is 10.7 Å². The minimum atomic E-state index is -4.27. The summed E-state index contributed by atoms with van der Waals surface area (Å²) >= 11 is 5.10. The van der Waals surface area contributed by atoms with Crippen LogP contribution >= 0.6 is 12.2 Å². The maximum absolute atomic E-state index is 12.6. The van der Waals surface area contributed by atoms with Gasteiger partial charge in [0.2, 0.25) is 0 Å². The maximum atomic E-state index is 12.6. The van der Waals surface area contributed by atoms with Crippen LogP contribution in [0.1, 0.15) is 19.7 Å². The summed E-state index contributed by atoms with van der Waals surface area (Å²) in [5, 5.41) is 13.1. The van der Waals surface area contributed by atoms with Crippen LogP contribution in [0.3, 0.4) is 0 Å². The Balaban J connectivity index is 2.92. The molecule has 0 fully saturated rings. The van der Waals surface area contributed by atoms with Crippen LogP contribution in [0.15, 0.2) is 0 Å². The van der Waals surface area contributed by atoms with Gasteiger partial charge in [-0.15, -0.1) is 0 Å². The number of hydrogen-bond donors (Lipinski definition) is 1. The van der Waals surface area contributed by atoms with Gasteiger partial charge in [-0.25, -0.2) is 4.68 Å². The Hall–Kier alpha value is -0.930. The number of rotatable bonds is 6. The largest absolute Gasteiger partial charge is 0.401 e. The van der Waals surface area contributed by atoms with Crippen LogP contribution < -0.4 is 0 Å². The molecule has 0 saturated carbocycles. The summed E-state index contributed by atoms with van der Waals surface area (Å²) in [6.07, 6.45) is -4.27. The number of aromatic nitrogens is 3. The third-order valence-corrected chi connectivity index (χ3v) is 3.12. The molecule has 1 rings (SSSR count). The van der Waals surface area contributed by atoms with E-state index in [9.17, 15) is 13.2 Å². The predicted octanol–water partition coefficient (Wildman–Crippen LogP) is 1.92. The summed E-state index contributed by atoms with van der Waals surface area (Å²) in [7, 11) is 1.62. The number of nitrogens with zero attached hydrogens (tertiary/aromatic N) is 4. The predicted molar refractivity (Wildman–Crippen MR) is 70.4 cm³/mol. The fraction of sp³-hybridized carbons (Fsp3) is 0.818. The van der Waals surface area contributed by atoms with Crippen molar-refractivity contribution >= 4 is 12.2 Å². The fourth-order valence-electron chi connectivity index (χ4n) is 1.89. The van der Waals surface area contributed by atoms with E-state index in [1.807, 2.05) is 13.8 Å². The summed E-state index contributed by atoms with van der Waals surface area (Å²) in [5.74, 6) is 0.416. The van der Waals surface area contributed by atoms with E-state index in [1.165, 1.54) is 14.1 Å². The molecule has 0 aliphatic rings. The van der Waals surface area contributed by atoms with Gasteiger partial charge in [0.25, 0.3) is 0 Å². The first-order valence-corrected chi connectivity index (χ1v) is 6.57. The molecule has 0 unspecified atom stereocenters. The molecule has 20 heavy (non-hydrogen) atoms. The molecule has 0 amide bonds. The van der Waals surface area contributed by atoms with E-state index < -0.39 is 12.7 Å². The van der Waals surface area contributed by atoms with E-state index in [0.29, 0.717) is 5.82 Å². The van der Waals surface area contributed by atoms with Crippen LogP contribution in [0.2, 0.25) is 0 Å². The molecule has 1 N–H and O–H groups in total. The standard InChI is InChI=1S/C11H19F3N4OS/c1-8(2)4-17(6-11(12,13)14)7-18-10(20)16(3)9(5-19)15-18/h8,19H,4-7H2,1-3H3. The Morgan fingerprint density at radius 3 is 2.40 bits per heavy atom. The van der Waals surface area contributed by atoms with Gasteiger partial charge in [-0.1, -0.05) is 13.8 Å². The molecule has 1 aromatic rings. The Kier molecular flexibility index (Phi) is 5.72. The summed E-state index contributed by atoms with van der Waals surface area (Å²) in [5.41, 5.74) is 0. The topological polar surface area (TPSA) is 46.2 Å². The summed E-state index contributed by atoms with van der Waals surface area (Å²) in [6.45, 7) is 2.60. The zero-order chi connectivity index (χ0) is 15.5. The molecular formula is C11H19F3N4OS. The van der Waals surface area contributed by atoms with Crippen LogP contribution in [-0.2, 0) is 20.3 Å². The first-order valence-electron chi connectivity index (χ1n) is 6.16. The van der Waals surface area contributed by atoms with E-state index in [-0.39, 0.29) is 30.5 Å². The van der Waals surface area contributed by atoms with Crippen molar-refractivity contribution in [3.05, 3.63) is 10.6 Å². The smallest absolute Gasteiger partial charge is 0.388 e. The molecule has 9 heteroatoms. The Labute approximate surface area is 120 Å². The highest BCUT2D eigenvalue weighted by Gasteiger charge is 2.31. The highest BCUT2D eigenvalue weighted by atomic mass is 32.1. The van der Waals surface area contributed by atoms with Gasteiger partial charge in [-0.3, -0.25) is 4.90 Å². The number of aliphatic hydroxyl groups excluding tert-OH is 1. The molecule has 1 aromatic heterocycles. The van der Waals surface area contributed by atoms with Crippen molar-refractivity contribution < 1.29 is 18.3 Å². The first-order chi connectivity index (χ1) is 9.14. The highest BCUT2D eigenvalue weighted by molar-refractivity contribution is 7.71. The van der Waals surface area contributed by atoms with Crippen molar-refractivity contribution in [3.8, 4) is 0 Å². The van der Waals surface area contributed by atoms with Crippen LogP contribution in [0.5, 0.6) is 0 Å². The third kappa shape index (κ3) is 4.88. The molecule has 0 bridgehead atoms. The van der Waals surface area contributed by atoms with Gasteiger partial charge in [0, 0.05) is 13.6 Å². The summed E-state index contributed by atoms with van der Waals surface area (Å²) < 4.78 is 40.8. The lowest BCUT2D eigenvalue weighted by Gasteiger charge is -2.24. The van der Waals surface area contributed by atoms with Crippen molar-refractivity contribution in [2.24, 2.45) is 13.0 Å². The van der Waals surface area contributed by atoms with Crippen LogP contribution in [-0.4, -0.2) is 43.6 Å². The average molecular weight is 312 g/mol. The second-order valence-corrected chi connectivity index (χ2v) is 5.44. The highest BCUT2D eigenvalue weighted by Crippen LogP contribution is 2.18. The van der Waals surface area contributed by atoms with Crippen molar-refractivity contribution in [3.63, 3.8) is 0 Å². The van der Waals surface area contributed by atoms with Gasteiger partial charge in [-0.05, 0) is 18.1 Å². The second kappa shape index (κ2) is 6.68. The zero-order valence-corrected chi connectivity index (χ0v) is 12.5. The summed E-state index contributed by atoms with van der Waals surface area (Å²) in [4.78, 5) is 1.24. The molecule has 116 valence electrons. The molecular weight excluding hydrogens is 293 g/mol. The minimum absolute atomic E-state index is 0.0512. The van der Waals surface area contributed by atoms with Crippen molar-refractivity contribution in [2.45, 2.75) is 33.3 Å². The van der Waals surface area contributed by atoms with Gasteiger partial charge in [-0.2, -0.15) is 18.3 Å². The molecule has 0 saturated heterocycles. The molecule has 5 nitrogen and oxygen atoms in total. The molecule has 0 atom stereocenters. The number of alkyl halides is 3. The Morgan fingerprint density at radius 1 is 1.40 bits per heavy atom. The number of aliphatic hydroxyl groups is 1. The first kappa shape index (κ1) is 17.1. The Morgan fingerprint density at radius 2 is 2.00 bits per heavy atom. The minimum Gasteiger partial charge on any atom is -0.388 e. The molecule has 1 heterocycles. The lowest BCUT2D eigenvalue weighted by Crippen LogP contribution is -2.38. The van der Waals surface area contributed by atoms with Crippen molar-refractivity contribution in [2.75, 3.05) is 13.1 Å². The van der Waals surface area contributed by atoms with Crippen molar-refractivity contribution in [1.82, 2.24) is 19.2 Å². The normalized spacial score (nSPS) is 12.7. The summed E-state index contributed by atoms with van der Waals surface area (Å²) in [6, 6.07) is 0. The van der Waals surface area contributed by atoms with Gasteiger partial charge >= 0.3 is 6.18 Å². The SMILES string of the molecule is CC(C)CN(Cn1nc(CO)n(C)c1=S)CC(F)(F)F. The van der Waals surface area contributed by atoms with E-state index in [4.69, 9.17) is 17.3 Å². The van der Waals surface area contributed by atoms with Crippen LogP contribution in [0.4, 0.5) is 13.2 Å². The molecule has 0 spiro atoms. The van der Waals surface area contributed by atoms with E-state index in [0.717, 1.165) is 0 Å². The monoisotopic (exact) mass is 312 g/mol. The molecule has 0 aromatic carbocycles. The number of halogens is 3. The van der Waals surface area contributed by atoms with Crippen molar-refractivity contribution in [1.29, 1.82) is 0 Å². The number of hydrogen-bond acceptors (Lipinski definition) is 4. The van der Waals surface area contributed by atoms with Gasteiger partial charge < -0.3 is 9.67 Å². The third-order valence-electron chi connectivity index (χ3n) is 2.63. The lowest BCUT2D eigenvalue weighted by molar-refractivity contribution is -0.151. The van der Waals surface area contributed by atoms with Gasteiger partial charge in [0.05, 0.1) is 13.2 Å². The quantitative estimate of drug-likeness (QED) is 0.815. The molecule has 0 aliphatic heterocycles. The van der Waals surface area contributed by atoms with E-state index >= 15 is 0 Å². The Bertz CT molecular complexity index is 495. The van der Waals surface area contributed by atoms with Gasteiger partial charge in [0.15, 0.2) is 10.6 Å². The molecule has 0 aliphatic carbocycles. The second-order valence-electron chi connectivity index (χ2n) is 5.08. The van der Waals surface area contributed by atoms with E-state index in [2.05, 4.69) is 5.10 Å². The molecule has 0 radical (unpaired) electrons. The average Bonchev–Trinajstić information content (AvgIpc) is 2.53. The zero-order valence-electron chi connectivity index (χ0n) is 11.7.